The van der Waals surface area contributed by atoms with Crippen LogP contribution in [0.4, 0.5) is 0 Å². The van der Waals surface area contributed by atoms with Crippen LogP contribution in [-0.2, 0) is 52.5 Å². The van der Waals surface area contributed by atoms with Crippen molar-refractivity contribution in [3.8, 4) is 0 Å². The van der Waals surface area contributed by atoms with Crippen molar-refractivity contribution in [3.63, 3.8) is 0 Å². The molecule has 0 unspecified atom stereocenters. The second kappa shape index (κ2) is 85.5. The van der Waals surface area contributed by atoms with Gasteiger partial charge in [0.05, 0.1) is 31.5 Å². The van der Waals surface area contributed by atoms with Crippen LogP contribution in [0, 0.1) is 23.7 Å². The molecule has 2 saturated carbocycles. The summed E-state index contributed by atoms with van der Waals surface area (Å²) in [7, 11) is 0. The summed E-state index contributed by atoms with van der Waals surface area (Å²) in [6, 6.07) is 0. The lowest BCUT2D eigenvalue weighted by Gasteiger charge is -2.27. The highest BCUT2D eigenvalue weighted by molar-refractivity contribution is 6.62. The topological polar surface area (TPSA) is 212 Å². The Labute approximate surface area is 724 Å². The van der Waals surface area contributed by atoms with E-state index in [1.165, 1.54) is 92.3 Å². The fourth-order valence-electron chi connectivity index (χ4n) is 14.2. The lowest BCUT2D eigenvalue weighted by Crippen LogP contribution is -2.28. The molecule has 2 aliphatic carbocycles. The predicted molar refractivity (Wildman–Crippen MR) is 495 cm³/mol. The molecule has 0 aromatic rings. The monoisotopic (exact) mass is 1670 g/mol. The molecule has 0 radical (unpaired) electrons. The summed E-state index contributed by atoms with van der Waals surface area (Å²) in [5.74, 6) is -1.37. The van der Waals surface area contributed by atoms with Crippen LogP contribution in [0.3, 0.4) is 0 Å². The van der Waals surface area contributed by atoms with Gasteiger partial charge in [0.25, 0.3) is 0 Å². The maximum absolute atomic E-state index is 12.3. The minimum absolute atomic E-state index is 0.0223. The van der Waals surface area contributed by atoms with Crippen molar-refractivity contribution in [3.05, 3.63) is 170 Å². The van der Waals surface area contributed by atoms with Crippen molar-refractivity contribution in [1.29, 1.82) is 0 Å². The highest BCUT2D eigenvalue weighted by atomic mass is 35.5. The van der Waals surface area contributed by atoms with Crippen molar-refractivity contribution in [2.24, 2.45) is 23.7 Å². The van der Waals surface area contributed by atoms with E-state index in [4.69, 9.17) is 23.7 Å². The smallest absolute Gasteiger partial charge is 0.305 e. The standard InChI is InChI=1S/C50H78O8.C44H72O5.C6H15N.C2H3ClO/c1-6-8-10-12-13-14-15-16-17-18-19-20-21-22-23-24-25-26-30-34-40-55-50(54)37-33-29-28-32-36-46-47(49(58-44(5)53)41-48(46)57-43(4)52)39-38-45(56-42(3)51)35-31-27-11-9-7-2;1-3-5-7-9-10-11-12-13-14-15-16-17-18-19-20-21-22-23-27-31-37-49-44(48)34-30-26-25-29-33-40-41(43(47)38-42(40)46)36-35-39(45)32-28-24-8-6-4-2;1-4-7(5-2)6-3;1-2(3)4/h8,10,13-14,16-17,19-20,22-23,25-26,28,32,45-49H,6-7,9,11-12,15,18,21,24,27,29-31,33-41H2,1-5H3;5,7,10-11,13-14,16-17,19-20,22-23,25,29,39-43,45-47H,3-4,6,8-9,12,15,18,21,24,26-28,30-38H2,1-2H3;4-6H2,1-3H3;1H3/b10-8-,14-13-,17-16-,20-19-,23-22-,26-25-,32-28-;7-5-,11-10-,14-13-,17-16-,20-19-,23-22-,29-25-;;/t45-,46+,47+,48-,49+;39-,40+,41+,42-,43+;;/m00../s1. The highest BCUT2D eigenvalue weighted by Gasteiger charge is 2.46. The average Bonchev–Trinajstić information content (AvgIpc) is 1.67. The molecule has 10 atom stereocenters. The Balaban J connectivity index is 0. The first kappa shape index (κ1) is 114. The van der Waals surface area contributed by atoms with Gasteiger partial charge in [-0.2, -0.15) is 0 Å². The van der Waals surface area contributed by atoms with Gasteiger partial charge in [-0.1, -0.05) is 276 Å². The van der Waals surface area contributed by atoms with Crippen molar-refractivity contribution in [2.75, 3.05) is 32.8 Å². The molecule has 118 heavy (non-hydrogen) atoms. The van der Waals surface area contributed by atoms with E-state index in [9.17, 15) is 44.1 Å². The number of allylic oxidation sites excluding steroid dienone is 28. The Morgan fingerprint density at radius 1 is 0.364 bits per heavy atom. The molecule has 16 heteroatoms. The van der Waals surface area contributed by atoms with Crippen LogP contribution in [0.1, 0.15) is 346 Å². The average molecular weight is 1670 g/mol. The first-order valence-electron chi connectivity index (χ1n) is 46.1. The maximum atomic E-state index is 12.3. The van der Waals surface area contributed by atoms with Crippen LogP contribution < -0.4 is 0 Å². The SMILES string of the molecule is CC(=O)Cl.CC/C=C\C/C=C\C/C=C\C/C=C\C/C=C\C/C=C\CCCOC(=O)CCC/C=C\C[C@@H]1[C@@H](CC[C@@H](O)CCCCCCC)[C@H](O)C[C@@H]1O.CC/C=C\C/C=C\C/C=C\C/C=C\C/C=C\C/C=C\CCCOC(=O)CCC/C=C\C[C@@H]1[C@@H](CC[C@H](CCCCCCC)OC(C)=O)[C@H](OC(C)=O)C[C@@H]1OC(C)=O.CCN(CC)CC. The molecule has 0 saturated heterocycles. The molecule has 0 aromatic heterocycles. The summed E-state index contributed by atoms with van der Waals surface area (Å²) in [6.45, 7) is 25.2. The normalized spacial score (nSPS) is 19.0. The van der Waals surface area contributed by atoms with Crippen LogP contribution in [0.5, 0.6) is 0 Å². The van der Waals surface area contributed by atoms with Crippen LogP contribution >= 0.6 is 11.6 Å². The lowest BCUT2D eigenvalue weighted by atomic mass is 9.85. The van der Waals surface area contributed by atoms with Gasteiger partial charge in [-0.05, 0) is 236 Å². The number of aliphatic hydroxyl groups is 3. The van der Waals surface area contributed by atoms with Gasteiger partial charge in [0.2, 0.25) is 5.24 Å². The summed E-state index contributed by atoms with van der Waals surface area (Å²) >= 11 is 4.64. The second-order valence-corrected chi connectivity index (χ2v) is 31.4. The molecule has 0 heterocycles. The molecule has 0 bridgehead atoms. The molecular formula is C102H168ClNO14. The van der Waals surface area contributed by atoms with E-state index >= 15 is 0 Å². The molecule has 0 spiro atoms. The van der Waals surface area contributed by atoms with Gasteiger partial charge in [0.1, 0.15) is 18.3 Å². The number of esters is 5. The third-order valence-corrected chi connectivity index (χ3v) is 20.6. The number of ether oxygens (including phenoxy) is 5. The molecule has 3 N–H and O–H groups in total. The molecule has 0 aromatic carbocycles. The summed E-state index contributed by atoms with van der Waals surface area (Å²) in [5, 5.41) is 31.1. The quantitative estimate of drug-likeness (QED) is 0.0170. The molecule has 15 nitrogen and oxygen atoms in total. The minimum Gasteiger partial charge on any atom is -0.466 e. The molecule has 2 rings (SSSR count). The number of aliphatic hydroxyl groups excluding tert-OH is 3. The van der Waals surface area contributed by atoms with Crippen LogP contribution in [-0.4, -0.2) is 125 Å². The first-order valence-corrected chi connectivity index (χ1v) is 46.5. The van der Waals surface area contributed by atoms with Crippen molar-refractivity contribution in [1.82, 2.24) is 4.90 Å². The van der Waals surface area contributed by atoms with Crippen molar-refractivity contribution >= 4 is 46.7 Å². The Morgan fingerprint density at radius 2 is 0.695 bits per heavy atom. The van der Waals surface area contributed by atoms with Gasteiger partial charge < -0.3 is 43.9 Å². The van der Waals surface area contributed by atoms with Crippen LogP contribution in [0.25, 0.3) is 0 Å². The van der Waals surface area contributed by atoms with Crippen molar-refractivity contribution < 1.29 is 67.8 Å². The van der Waals surface area contributed by atoms with E-state index in [1.807, 2.05) is 0 Å². The zero-order valence-corrected chi connectivity index (χ0v) is 76.6. The number of halogens is 1. The van der Waals surface area contributed by atoms with Gasteiger partial charge in [-0.25, -0.2) is 0 Å². The largest absolute Gasteiger partial charge is 0.466 e. The van der Waals surface area contributed by atoms with Crippen LogP contribution in [0.2, 0.25) is 0 Å². The zero-order valence-electron chi connectivity index (χ0n) is 75.8. The molecular weight excluding hydrogens is 1500 g/mol. The Bertz CT molecular complexity index is 2880. The Kier molecular flexibility index (Phi) is 82.3. The lowest BCUT2D eigenvalue weighted by molar-refractivity contribution is -0.150. The van der Waals surface area contributed by atoms with Gasteiger partial charge in [0, 0.05) is 58.8 Å². The van der Waals surface area contributed by atoms with Crippen molar-refractivity contribution in [2.45, 2.75) is 382 Å². The van der Waals surface area contributed by atoms with E-state index in [0.717, 1.165) is 167 Å². The third-order valence-electron chi connectivity index (χ3n) is 20.6. The van der Waals surface area contributed by atoms with Gasteiger partial charge in [0.15, 0.2) is 0 Å². The summed E-state index contributed by atoms with van der Waals surface area (Å²) in [6.07, 6.45) is 95.9. The molecule has 0 amide bonds. The first-order chi connectivity index (χ1) is 57.2. The highest BCUT2D eigenvalue weighted by Crippen LogP contribution is 2.43. The number of nitrogens with zero attached hydrogens (tertiary/aromatic N) is 1. The van der Waals surface area contributed by atoms with E-state index in [-0.39, 0.29) is 83.2 Å². The molecule has 2 fully saturated rings. The van der Waals surface area contributed by atoms with E-state index < -0.39 is 12.2 Å². The Hall–Kier alpha value is -6.49. The number of hydrogen-bond donors (Lipinski definition) is 3. The Morgan fingerprint density at radius 3 is 1.06 bits per heavy atom. The summed E-state index contributed by atoms with van der Waals surface area (Å²) in [5.41, 5.74) is 0. The molecule has 672 valence electrons. The van der Waals surface area contributed by atoms with E-state index in [0.29, 0.717) is 71.0 Å². The fraction of sp³-hybridized carbons (Fsp3) is 0.667. The molecule has 0 aliphatic heterocycles. The second-order valence-electron chi connectivity index (χ2n) is 30.8. The van der Waals surface area contributed by atoms with Gasteiger partial charge >= 0.3 is 29.8 Å². The summed E-state index contributed by atoms with van der Waals surface area (Å²) < 4.78 is 28.0. The zero-order chi connectivity index (χ0) is 87.4. The number of carbonyl (C=O) groups excluding carboxylic acids is 6. The number of hydrogen-bond acceptors (Lipinski definition) is 15. The van der Waals surface area contributed by atoms with Gasteiger partial charge in [-0.3, -0.25) is 28.8 Å². The predicted octanol–water partition coefficient (Wildman–Crippen LogP) is 25.8. The van der Waals surface area contributed by atoms with Gasteiger partial charge in [-0.15, -0.1) is 0 Å². The van der Waals surface area contributed by atoms with Crippen LogP contribution in [0.15, 0.2) is 170 Å². The molecule has 2 aliphatic rings. The number of rotatable bonds is 66. The third kappa shape index (κ3) is 74.6. The number of unbranched alkanes of at least 4 members (excludes halogenated alkanes) is 12. The summed E-state index contributed by atoms with van der Waals surface area (Å²) in [4.78, 5) is 71.9. The van der Waals surface area contributed by atoms with E-state index in [1.54, 1.807) is 0 Å². The fourth-order valence-corrected chi connectivity index (χ4v) is 14.2. The number of carbonyl (C=O) groups is 6. The van der Waals surface area contributed by atoms with E-state index in [2.05, 4.69) is 235 Å². The minimum atomic E-state index is -0.501. The maximum Gasteiger partial charge on any atom is 0.305 e.